The van der Waals surface area contributed by atoms with Gasteiger partial charge in [-0.1, -0.05) is 0 Å². The molecule has 116 valence electrons. The van der Waals surface area contributed by atoms with Gasteiger partial charge in [0.25, 0.3) is 17.8 Å². The molecule has 1 saturated carbocycles. The Hall–Kier alpha value is -1.60. The van der Waals surface area contributed by atoms with Crippen LogP contribution in [0, 0.1) is 0 Å². The lowest BCUT2D eigenvalue weighted by molar-refractivity contribution is 0.000805. The molecule has 1 unspecified atom stereocenters. The van der Waals surface area contributed by atoms with E-state index in [1.807, 2.05) is 0 Å². The maximum Gasteiger partial charge on any atom is 0.272 e. The number of amides is 1. The zero-order valence-corrected chi connectivity index (χ0v) is 11.4. The topological polar surface area (TPSA) is 46.9 Å². The number of carbonyl (C=O) groups excluding carboxylic acids is 1. The van der Waals surface area contributed by atoms with Gasteiger partial charge in [-0.2, -0.15) is 5.10 Å². The van der Waals surface area contributed by atoms with Crippen LogP contribution < -0.4 is 5.32 Å². The van der Waals surface area contributed by atoms with Crippen molar-refractivity contribution in [3.8, 4) is 0 Å². The molecule has 1 aliphatic heterocycles. The van der Waals surface area contributed by atoms with E-state index in [-0.39, 0.29) is 24.1 Å². The van der Waals surface area contributed by atoms with Gasteiger partial charge < -0.3 is 5.32 Å². The lowest BCUT2D eigenvalue weighted by atomic mass is 9.99. The zero-order valence-electron chi connectivity index (χ0n) is 11.4. The molecule has 1 aromatic rings. The Morgan fingerprint density at radius 1 is 1.29 bits per heavy atom. The average molecular weight is 305 g/mol. The molecule has 2 heterocycles. The van der Waals surface area contributed by atoms with Gasteiger partial charge in [0, 0.05) is 18.4 Å². The second-order valence-electron chi connectivity index (χ2n) is 6.24. The molecule has 1 amide bonds. The zero-order chi connectivity index (χ0) is 15.5. The molecular weight excluding hydrogens is 290 g/mol. The van der Waals surface area contributed by atoms with Gasteiger partial charge in [-0.15, -0.1) is 0 Å². The molecule has 1 fully saturated rings. The van der Waals surface area contributed by atoms with Crippen molar-refractivity contribution in [1.29, 1.82) is 0 Å². The van der Waals surface area contributed by atoms with Crippen molar-refractivity contribution < 1.29 is 22.4 Å². The number of nitrogens with zero attached hydrogens (tertiary/aromatic N) is 2. The van der Waals surface area contributed by atoms with Gasteiger partial charge in [0.1, 0.15) is 6.54 Å². The monoisotopic (exact) mass is 305 g/mol. The second kappa shape index (κ2) is 4.20. The van der Waals surface area contributed by atoms with E-state index in [4.69, 9.17) is 0 Å². The van der Waals surface area contributed by atoms with Crippen LogP contribution >= 0.6 is 0 Å². The van der Waals surface area contributed by atoms with Crippen LogP contribution in [0.2, 0.25) is 0 Å². The molecule has 0 saturated heterocycles. The lowest BCUT2D eigenvalue weighted by Gasteiger charge is -2.25. The van der Waals surface area contributed by atoms with E-state index in [0.29, 0.717) is 0 Å². The van der Waals surface area contributed by atoms with E-state index >= 15 is 0 Å². The summed E-state index contributed by atoms with van der Waals surface area (Å²) in [5, 5.41) is 6.32. The molecule has 3 rings (SSSR count). The summed E-state index contributed by atoms with van der Waals surface area (Å²) < 4.78 is 54.3. The van der Waals surface area contributed by atoms with Gasteiger partial charge >= 0.3 is 0 Å². The van der Waals surface area contributed by atoms with Crippen LogP contribution in [0.15, 0.2) is 6.20 Å². The Bertz CT molecular complexity index is 598. The Labute approximate surface area is 118 Å². The van der Waals surface area contributed by atoms with Crippen LogP contribution in [0.1, 0.15) is 42.2 Å². The lowest BCUT2D eigenvalue weighted by Crippen LogP contribution is -2.45. The van der Waals surface area contributed by atoms with Crippen LogP contribution in [0.5, 0.6) is 0 Å². The van der Waals surface area contributed by atoms with Crippen LogP contribution in [0.4, 0.5) is 17.6 Å². The third kappa shape index (κ3) is 2.63. The van der Waals surface area contributed by atoms with Crippen LogP contribution in [0.3, 0.4) is 0 Å². The van der Waals surface area contributed by atoms with Crippen molar-refractivity contribution in [2.24, 2.45) is 0 Å². The third-order valence-electron chi connectivity index (χ3n) is 4.11. The Kier molecular flexibility index (Phi) is 2.87. The van der Waals surface area contributed by atoms with Crippen molar-refractivity contribution in [3.05, 3.63) is 17.5 Å². The quantitative estimate of drug-likeness (QED) is 0.853. The molecule has 0 aromatic carbocycles. The first-order chi connectivity index (χ1) is 9.59. The summed E-state index contributed by atoms with van der Waals surface area (Å²) in [5.74, 6) is -6.33. The number of rotatable bonds is 2. The summed E-state index contributed by atoms with van der Waals surface area (Å²) in [7, 11) is 0. The van der Waals surface area contributed by atoms with Gasteiger partial charge in [-0.05, 0) is 13.3 Å². The highest BCUT2D eigenvalue weighted by Gasteiger charge is 2.48. The molecule has 1 aromatic heterocycles. The number of carbonyl (C=O) groups is 1. The molecule has 0 spiro atoms. The van der Waals surface area contributed by atoms with Gasteiger partial charge in [-0.3, -0.25) is 9.48 Å². The van der Waals surface area contributed by atoms with E-state index < -0.39 is 42.7 Å². The smallest absolute Gasteiger partial charge is 0.272 e. The minimum absolute atomic E-state index is 0.0450. The highest BCUT2D eigenvalue weighted by Crippen LogP contribution is 2.41. The summed E-state index contributed by atoms with van der Waals surface area (Å²) in [6.45, 7) is 0.995. The average Bonchev–Trinajstić information content (AvgIpc) is 2.88. The van der Waals surface area contributed by atoms with Crippen molar-refractivity contribution in [2.75, 3.05) is 0 Å². The van der Waals surface area contributed by atoms with Crippen molar-refractivity contribution in [3.63, 3.8) is 0 Å². The third-order valence-corrected chi connectivity index (χ3v) is 4.11. The first kappa shape index (κ1) is 14.3. The molecular formula is C13H15F4N3O. The Morgan fingerprint density at radius 2 is 2.00 bits per heavy atom. The minimum Gasteiger partial charge on any atom is -0.347 e. The van der Waals surface area contributed by atoms with E-state index in [2.05, 4.69) is 10.4 Å². The van der Waals surface area contributed by atoms with Crippen LogP contribution in [-0.2, 0) is 13.0 Å². The second-order valence-corrected chi connectivity index (χ2v) is 6.24. The molecule has 21 heavy (non-hydrogen) atoms. The number of hydrogen-bond donors (Lipinski definition) is 1. The number of hydrogen-bond acceptors (Lipinski definition) is 2. The number of halogens is 4. The molecule has 2 aliphatic rings. The van der Waals surface area contributed by atoms with Gasteiger partial charge in [0.2, 0.25) is 0 Å². The molecule has 1 N–H and O–H groups in total. The van der Waals surface area contributed by atoms with E-state index in [0.717, 1.165) is 4.68 Å². The molecule has 0 bridgehead atoms. The predicted octanol–water partition coefficient (Wildman–Crippen LogP) is 2.38. The van der Waals surface area contributed by atoms with Crippen molar-refractivity contribution in [1.82, 2.24) is 15.1 Å². The maximum absolute atomic E-state index is 13.3. The number of nitrogens with one attached hydrogen (secondary N) is 1. The van der Waals surface area contributed by atoms with E-state index in [1.165, 1.54) is 6.20 Å². The van der Waals surface area contributed by atoms with Crippen molar-refractivity contribution in [2.45, 2.75) is 56.5 Å². The van der Waals surface area contributed by atoms with Gasteiger partial charge in [0.15, 0.2) is 0 Å². The fourth-order valence-corrected chi connectivity index (χ4v) is 3.10. The van der Waals surface area contributed by atoms with Gasteiger partial charge in [0.05, 0.1) is 23.9 Å². The molecule has 4 nitrogen and oxygen atoms in total. The van der Waals surface area contributed by atoms with Crippen molar-refractivity contribution >= 4 is 5.91 Å². The fourth-order valence-electron chi connectivity index (χ4n) is 3.10. The number of alkyl halides is 4. The first-order valence-corrected chi connectivity index (χ1v) is 6.72. The summed E-state index contributed by atoms with van der Waals surface area (Å²) >= 11 is 0. The standard InChI is InChI=1S/C13H15F4N3O/c1-11(2-3-12(14,15)6-11)19-10(21)8-5-18-20-7-13(16,17)4-9(8)20/h5H,2-4,6-7H2,1H3,(H,19,21). The van der Waals surface area contributed by atoms with Crippen LogP contribution in [-0.4, -0.2) is 33.1 Å². The predicted molar refractivity (Wildman–Crippen MR) is 65.5 cm³/mol. The summed E-state index contributed by atoms with van der Waals surface area (Å²) in [6, 6.07) is 0. The fraction of sp³-hybridized carbons (Fsp3) is 0.692. The number of fused-ring (bicyclic) bond motifs is 1. The van der Waals surface area contributed by atoms with Gasteiger partial charge in [-0.25, -0.2) is 17.6 Å². The van der Waals surface area contributed by atoms with Crippen LogP contribution in [0.25, 0.3) is 0 Å². The van der Waals surface area contributed by atoms with E-state index in [9.17, 15) is 22.4 Å². The molecule has 8 heteroatoms. The normalized spacial score (nSPS) is 29.4. The minimum atomic E-state index is -2.91. The first-order valence-electron chi connectivity index (χ1n) is 6.72. The maximum atomic E-state index is 13.3. The Morgan fingerprint density at radius 3 is 2.62 bits per heavy atom. The summed E-state index contributed by atoms with van der Waals surface area (Å²) in [6.07, 6.45) is 0.101. The molecule has 1 atom stereocenters. The highest BCUT2D eigenvalue weighted by molar-refractivity contribution is 5.95. The Balaban J connectivity index is 1.77. The molecule has 0 radical (unpaired) electrons. The SMILES string of the molecule is CC1(NC(=O)c2cnn3c2CC(F)(F)C3)CCC(F)(F)C1. The molecule has 1 aliphatic carbocycles. The van der Waals surface area contributed by atoms with E-state index in [1.54, 1.807) is 6.92 Å². The highest BCUT2D eigenvalue weighted by atomic mass is 19.3. The summed E-state index contributed by atoms with van der Waals surface area (Å²) in [4.78, 5) is 12.2. The number of aromatic nitrogens is 2. The largest absolute Gasteiger partial charge is 0.347 e. The summed E-state index contributed by atoms with van der Waals surface area (Å²) in [5.41, 5.74) is -0.814.